The molecule has 1 saturated carbocycles. The van der Waals surface area contributed by atoms with Crippen LogP contribution in [-0.4, -0.2) is 38.0 Å². The largest absolute Gasteiger partial charge is 0.573 e. The van der Waals surface area contributed by atoms with Crippen molar-refractivity contribution in [2.24, 2.45) is 11.8 Å². The van der Waals surface area contributed by atoms with Crippen molar-refractivity contribution >= 4 is 11.0 Å². The maximum atomic E-state index is 13.1. The Morgan fingerprint density at radius 1 is 1.31 bits per heavy atom. The van der Waals surface area contributed by atoms with E-state index in [1.54, 1.807) is 0 Å². The number of aromatic nitrogens is 3. The summed E-state index contributed by atoms with van der Waals surface area (Å²) in [5.74, 6) is -0.376. The van der Waals surface area contributed by atoms with E-state index in [0.29, 0.717) is 5.39 Å². The number of halogens is 3. The SMILES string of the molecule is C[C@H]1C2CC2(CO)O[C@H]1n1ccc(=O)n(Cc2noc3cc(OC(F)(F)F)ccc23)c1=O. The number of hydrogen-bond donors (Lipinski definition) is 1. The fourth-order valence-electron chi connectivity index (χ4n) is 4.49. The van der Waals surface area contributed by atoms with E-state index in [9.17, 15) is 27.9 Å². The van der Waals surface area contributed by atoms with Gasteiger partial charge in [-0.2, -0.15) is 0 Å². The van der Waals surface area contributed by atoms with Gasteiger partial charge in [-0.1, -0.05) is 12.1 Å². The van der Waals surface area contributed by atoms with E-state index in [-0.39, 0.29) is 36.3 Å². The van der Waals surface area contributed by atoms with Crippen LogP contribution in [0.2, 0.25) is 0 Å². The van der Waals surface area contributed by atoms with Crippen LogP contribution < -0.4 is 16.0 Å². The molecule has 1 N–H and O–H groups in total. The molecule has 32 heavy (non-hydrogen) atoms. The molecular weight excluding hydrogens is 435 g/mol. The van der Waals surface area contributed by atoms with Crippen LogP contribution in [0.25, 0.3) is 11.0 Å². The van der Waals surface area contributed by atoms with Crippen LogP contribution in [0.15, 0.2) is 44.6 Å². The lowest BCUT2D eigenvalue weighted by atomic mass is 10.0. The van der Waals surface area contributed by atoms with Crippen molar-refractivity contribution in [3.05, 3.63) is 57.0 Å². The van der Waals surface area contributed by atoms with Crippen molar-refractivity contribution < 1.29 is 32.3 Å². The minimum absolute atomic E-state index is 0.0174. The van der Waals surface area contributed by atoms with Gasteiger partial charge in [0.2, 0.25) is 0 Å². The van der Waals surface area contributed by atoms with Gasteiger partial charge < -0.3 is 19.1 Å². The standard InChI is InChI=1S/C20H18F3N3O6/c1-10-13-7-19(13,9-27)31-17(10)25-5-4-16(28)26(18(25)29)8-14-12-3-2-11(30-20(21,22)23)6-15(12)32-24-14/h2-6,10,13,17,27H,7-9H2,1H3/t10-,13?,17+,19?/m0/s1. The highest BCUT2D eigenvalue weighted by atomic mass is 19.4. The van der Waals surface area contributed by atoms with Crippen LogP contribution in [0.3, 0.4) is 0 Å². The molecule has 0 radical (unpaired) electrons. The van der Waals surface area contributed by atoms with E-state index in [2.05, 4.69) is 9.89 Å². The number of benzene rings is 1. The summed E-state index contributed by atoms with van der Waals surface area (Å²) in [6.07, 6.45) is -3.40. The lowest BCUT2D eigenvalue weighted by Crippen LogP contribution is -2.42. The molecule has 2 unspecified atom stereocenters. The number of rotatable bonds is 5. The summed E-state index contributed by atoms with van der Waals surface area (Å²) in [5.41, 5.74) is -1.62. The molecule has 4 atom stereocenters. The van der Waals surface area contributed by atoms with Gasteiger partial charge in [-0.25, -0.2) is 4.79 Å². The van der Waals surface area contributed by atoms with Gasteiger partial charge in [0, 0.05) is 29.6 Å². The molecule has 9 nitrogen and oxygen atoms in total. The fraction of sp³-hybridized carbons (Fsp3) is 0.450. The Morgan fingerprint density at radius 2 is 2.09 bits per heavy atom. The third-order valence-electron chi connectivity index (χ3n) is 6.22. The third-order valence-corrected chi connectivity index (χ3v) is 6.22. The number of ether oxygens (including phenoxy) is 2. The minimum Gasteiger partial charge on any atom is -0.406 e. The Balaban J connectivity index is 1.46. The first-order chi connectivity index (χ1) is 15.1. The number of hydrogen-bond acceptors (Lipinski definition) is 7. The molecule has 0 bridgehead atoms. The number of nitrogens with zero attached hydrogens (tertiary/aromatic N) is 3. The lowest BCUT2D eigenvalue weighted by Gasteiger charge is -2.23. The van der Waals surface area contributed by atoms with E-state index in [1.165, 1.54) is 22.9 Å². The molecule has 2 fully saturated rings. The second kappa shape index (κ2) is 6.94. The smallest absolute Gasteiger partial charge is 0.406 e. The van der Waals surface area contributed by atoms with E-state index >= 15 is 0 Å². The van der Waals surface area contributed by atoms with Gasteiger partial charge in [0.05, 0.1) is 18.8 Å². The number of alkyl halides is 3. The molecule has 2 aromatic heterocycles. The van der Waals surface area contributed by atoms with E-state index in [4.69, 9.17) is 9.26 Å². The molecule has 2 aliphatic rings. The quantitative estimate of drug-likeness (QED) is 0.630. The summed E-state index contributed by atoms with van der Waals surface area (Å²) in [7, 11) is 0. The predicted octanol–water partition coefficient (Wildman–Crippen LogP) is 2.01. The first-order valence-corrected chi connectivity index (χ1v) is 9.86. The molecule has 5 rings (SSSR count). The van der Waals surface area contributed by atoms with E-state index in [1.807, 2.05) is 6.92 Å². The summed E-state index contributed by atoms with van der Waals surface area (Å²) in [6.45, 7) is 1.53. The van der Waals surface area contributed by atoms with Crippen molar-refractivity contribution in [3.8, 4) is 5.75 Å². The van der Waals surface area contributed by atoms with Gasteiger partial charge in [0.25, 0.3) is 5.56 Å². The molecule has 1 aromatic carbocycles. The second-order valence-corrected chi connectivity index (χ2v) is 8.17. The summed E-state index contributed by atoms with van der Waals surface area (Å²) in [6, 6.07) is 4.66. The average molecular weight is 453 g/mol. The molecular formula is C20H18F3N3O6. The van der Waals surface area contributed by atoms with Crippen molar-refractivity contribution in [1.29, 1.82) is 0 Å². The lowest BCUT2D eigenvalue weighted by molar-refractivity contribution is -0.274. The minimum atomic E-state index is -4.85. The highest BCUT2D eigenvalue weighted by Crippen LogP contribution is 2.61. The van der Waals surface area contributed by atoms with Gasteiger partial charge in [-0.3, -0.25) is 13.9 Å². The van der Waals surface area contributed by atoms with E-state index < -0.39 is 35.2 Å². The van der Waals surface area contributed by atoms with Crippen LogP contribution >= 0.6 is 0 Å². The van der Waals surface area contributed by atoms with Gasteiger partial charge in [0.1, 0.15) is 17.7 Å². The second-order valence-electron chi connectivity index (χ2n) is 8.17. The number of fused-ring (bicyclic) bond motifs is 2. The van der Waals surface area contributed by atoms with Crippen LogP contribution in [0.1, 0.15) is 25.3 Å². The highest BCUT2D eigenvalue weighted by molar-refractivity contribution is 5.80. The normalized spacial score (nSPS) is 27.0. The highest BCUT2D eigenvalue weighted by Gasteiger charge is 2.66. The zero-order valence-corrected chi connectivity index (χ0v) is 16.7. The van der Waals surface area contributed by atoms with Crippen LogP contribution in [0.4, 0.5) is 13.2 Å². The van der Waals surface area contributed by atoms with Crippen LogP contribution in [-0.2, 0) is 11.3 Å². The Labute approximate surface area is 177 Å². The molecule has 0 amide bonds. The summed E-state index contributed by atoms with van der Waals surface area (Å²) < 4.78 is 54.4. The first-order valence-electron chi connectivity index (χ1n) is 9.86. The molecule has 0 spiro atoms. The number of aliphatic hydroxyl groups is 1. The molecule has 3 heterocycles. The molecule has 1 aliphatic carbocycles. The van der Waals surface area contributed by atoms with Crippen molar-refractivity contribution in [1.82, 2.24) is 14.3 Å². The van der Waals surface area contributed by atoms with Crippen LogP contribution in [0, 0.1) is 11.8 Å². The van der Waals surface area contributed by atoms with Gasteiger partial charge >= 0.3 is 12.1 Å². The summed E-state index contributed by atoms with van der Waals surface area (Å²) in [5, 5.41) is 13.8. The maximum Gasteiger partial charge on any atom is 0.573 e. The van der Waals surface area contributed by atoms with Crippen molar-refractivity contribution in [2.75, 3.05) is 6.61 Å². The topological polar surface area (TPSA) is 109 Å². The zero-order chi connectivity index (χ0) is 22.8. The Morgan fingerprint density at radius 3 is 2.78 bits per heavy atom. The van der Waals surface area contributed by atoms with Crippen molar-refractivity contribution in [3.63, 3.8) is 0 Å². The molecule has 1 saturated heterocycles. The Hall–Kier alpha value is -3.12. The Kier molecular flexibility index (Phi) is 4.50. The molecule has 3 aromatic rings. The zero-order valence-electron chi connectivity index (χ0n) is 16.7. The van der Waals surface area contributed by atoms with Gasteiger partial charge in [-0.05, 0) is 24.5 Å². The molecule has 1 aliphatic heterocycles. The summed E-state index contributed by atoms with van der Waals surface area (Å²) >= 11 is 0. The monoisotopic (exact) mass is 453 g/mol. The van der Waals surface area contributed by atoms with Gasteiger partial charge in [-0.15, -0.1) is 13.2 Å². The fourth-order valence-corrected chi connectivity index (χ4v) is 4.49. The predicted molar refractivity (Wildman–Crippen MR) is 102 cm³/mol. The third kappa shape index (κ3) is 3.30. The van der Waals surface area contributed by atoms with E-state index in [0.717, 1.165) is 23.1 Å². The van der Waals surface area contributed by atoms with Crippen LogP contribution in [0.5, 0.6) is 5.75 Å². The first kappa shape index (κ1) is 20.8. The Bertz CT molecular complexity index is 1310. The molecule has 12 heteroatoms. The molecule has 170 valence electrons. The average Bonchev–Trinajstić information content (AvgIpc) is 3.21. The van der Waals surface area contributed by atoms with Crippen molar-refractivity contribution in [2.45, 2.75) is 38.1 Å². The number of aliphatic hydroxyl groups excluding tert-OH is 1. The maximum absolute atomic E-state index is 13.1. The summed E-state index contributed by atoms with van der Waals surface area (Å²) in [4.78, 5) is 25.5. The van der Waals surface area contributed by atoms with Gasteiger partial charge in [0.15, 0.2) is 5.58 Å².